The molecule has 134 valence electrons. The van der Waals surface area contributed by atoms with E-state index in [4.69, 9.17) is 23.2 Å². The standard InChI is InChI=1S/C22H22Cl2N2/c1-14-4-5-21-19(8-14)20-13-25(3)7-6-22(20)26(21)12-15(2)16-9-17(23)11-18(24)10-16/h4-5,8-12H,6-7,13H2,1-3H3/b15-12-. The van der Waals surface area contributed by atoms with Gasteiger partial charge in [-0.15, -0.1) is 0 Å². The first-order chi connectivity index (χ1) is 12.4. The van der Waals surface area contributed by atoms with Crippen molar-refractivity contribution in [1.82, 2.24) is 9.47 Å². The summed E-state index contributed by atoms with van der Waals surface area (Å²) in [5, 5.41) is 2.69. The Morgan fingerprint density at radius 1 is 1.08 bits per heavy atom. The van der Waals surface area contributed by atoms with Crippen LogP contribution in [0.15, 0.2) is 36.4 Å². The van der Waals surface area contributed by atoms with Crippen molar-refractivity contribution in [3.63, 3.8) is 0 Å². The van der Waals surface area contributed by atoms with Crippen molar-refractivity contribution in [2.24, 2.45) is 0 Å². The van der Waals surface area contributed by atoms with Gasteiger partial charge in [0.05, 0.1) is 5.52 Å². The third-order valence-corrected chi connectivity index (χ3v) is 5.61. The maximum atomic E-state index is 6.20. The van der Waals surface area contributed by atoms with E-state index in [1.807, 2.05) is 12.1 Å². The first-order valence-electron chi connectivity index (χ1n) is 8.88. The van der Waals surface area contributed by atoms with Crippen LogP contribution in [-0.2, 0) is 13.0 Å². The predicted molar refractivity (Wildman–Crippen MR) is 113 cm³/mol. The Balaban J connectivity index is 1.91. The lowest BCUT2D eigenvalue weighted by atomic mass is 10.0. The van der Waals surface area contributed by atoms with Crippen LogP contribution in [0.5, 0.6) is 0 Å². The van der Waals surface area contributed by atoms with Crippen LogP contribution in [0.1, 0.15) is 29.3 Å². The number of aryl methyl sites for hydroxylation is 1. The molecule has 0 saturated carbocycles. The SMILES string of the molecule is C/C(=C/n1c2c(c3cc(C)ccc31)CN(C)CC2)c1cc(Cl)cc(Cl)c1. The Morgan fingerprint density at radius 2 is 1.81 bits per heavy atom. The average molecular weight is 385 g/mol. The van der Waals surface area contributed by atoms with Gasteiger partial charge in [0.2, 0.25) is 0 Å². The lowest BCUT2D eigenvalue weighted by Crippen LogP contribution is -2.26. The predicted octanol–water partition coefficient (Wildman–Crippen LogP) is 6.26. The molecule has 26 heavy (non-hydrogen) atoms. The molecule has 2 heterocycles. The molecule has 3 aromatic rings. The van der Waals surface area contributed by atoms with Crippen LogP contribution >= 0.6 is 23.2 Å². The second-order valence-corrected chi connectivity index (χ2v) is 8.15. The van der Waals surface area contributed by atoms with Gasteiger partial charge in [-0.3, -0.25) is 0 Å². The van der Waals surface area contributed by atoms with Crippen molar-refractivity contribution in [2.45, 2.75) is 26.8 Å². The molecule has 0 amide bonds. The summed E-state index contributed by atoms with van der Waals surface area (Å²) in [5.74, 6) is 0. The van der Waals surface area contributed by atoms with Gasteiger partial charge >= 0.3 is 0 Å². The van der Waals surface area contributed by atoms with Crippen LogP contribution in [0.2, 0.25) is 10.0 Å². The molecule has 1 aliphatic rings. The molecule has 2 nitrogen and oxygen atoms in total. The lowest BCUT2D eigenvalue weighted by molar-refractivity contribution is 0.312. The topological polar surface area (TPSA) is 8.17 Å². The summed E-state index contributed by atoms with van der Waals surface area (Å²) in [5.41, 5.74) is 7.63. The van der Waals surface area contributed by atoms with E-state index >= 15 is 0 Å². The van der Waals surface area contributed by atoms with E-state index in [0.29, 0.717) is 10.0 Å². The summed E-state index contributed by atoms with van der Waals surface area (Å²) < 4.78 is 2.36. The number of rotatable bonds is 2. The fourth-order valence-corrected chi connectivity index (χ4v) is 4.36. The van der Waals surface area contributed by atoms with Crippen molar-refractivity contribution < 1.29 is 0 Å². The molecule has 0 unspecified atom stereocenters. The highest BCUT2D eigenvalue weighted by atomic mass is 35.5. The smallest absolute Gasteiger partial charge is 0.0529 e. The van der Waals surface area contributed by atoms with Crippen LogP contribution in [0, 0.1) is 6.92 Å². The Labute approximate surface area is 164 Å². The van der Waals surface area contributed by atoms with Gasteiger partial charge in [-0.1, -0.05) is 34.8 Å². The van der Waals surface area contributed by atoms with Gasteiger partial charge in [-0.2, -0.15) is 0 Å². The molecule has 0 aliphatic carbocycles. The number of nitrogens with zero attached hydrogens (tertiary/aromatic N) is 2. The molecule has 0 atom stereocenters. The minimum atomic E-state index is 0.664. The second kappa shape index (κ2) is 6.77. The molecule has 0 N–H and O–H groups in total. The van der Waals surface area contributed by atoms with E-state index in [-0.39, 0.29) is 0 Å². The molecule has 2 aromatic carbocycles. The van der Waals surface area contributed by atoms with Crippen LogP contribution in [0.4, 0.5) is 0 Å². The van der Waals surface area contributed by atoms with Crippen molar-refractivity contribution in [3.8, 4) is 0 Å². The third-order valence-electron chi connectivity index (χ3n) is 5.17. The average Bonchev–Trinajstić information content (AvgIpc) is 2.86. The molecular weight excluding hydrogens is 363 g/mol. The minimum absolute atomic E-state index is 0.664. The van der Waals surface area contributed by atoms with E-state index in [1.54, 1.807) is 6.07 Å². The Hall–Kier alpha value is -1.74. The fourth-order valence-electron chi connectivity index (χ4n) is 3.84. The van der Waals surface area contributed by atoms with Crippen LogP contribution < -0.4 is 0 Å². The molecule has 0 radical (unpaired) electrons. The zero-order valence-corrected chi connectivity index (χ0v) is 16.8. The summed E-state index contributed by atoms with van der Waals surface area (Å²) in [7, 11) is 2.19. The summed E-state index contributed by atoms with van der Waals surface area (Å²) in [6.45, 7) is 6.35. The van der Waals surface area contributed by atoms with Crippen LogP contribution in [0.25, 0.3) is 22.7 Å². The van der Waals surface area contributed by atoms with E-state index in [2.05, 4.69) is 54.8 Å². The highest BCUT2D eigenvalue weighted by molar-refractivity contribution is 6.34. The number of aromatic nitrogens is 1. The second-order valence-electron chi connectivity index (χ2n) is 7.27. The first-order valence-corrected chi connectivity index (χ1v) is 9.63. The number of benzene rings is 2. The van der Waals surface area contributed by atoms with Crippen molar-refractivity contribution in [1.29, 1.82) is 0 Å². The molecule has 0 bridgehead atoms. The van der Waals surface area contributed by atoms with Crippen LogP contribution in [0.3, 0.4) is 0 Å². The number of likely N-dealkylation sites (N-methyl/N-ethyl adjacent to an activating group) is 1. The number of hydrogen-bond acceptors (Lipinski definition) is 1. The van der Waals surface area contributed by atoms with Crippen molar-refractivity contribution in [2.75, 3.05) is 13.6 Å². The number of hydrogen-bond donors (Lipinski definition) is 0. The van der Waals surface area contributed by atoms with Gasteiger partial charge in [-0.25, -0.2) is 0 Å². The van der Waals surface area contributed by atoms with Crippen molar-refractivity contribution in [3.05, 3.63) is 68.8 Å². The quantitative estimate of drug-likeness (QED) is 0.505. The zero-order chi connectivity index (χ0) is 18.4. The molecule has 0 saturated heterocycles. The molecule has 0 fully saturated rings. The number of allylic oxidation sites excluding steroid dienone is 1. The molecule has 1 aromatic heterocycles. The van der Waals surface area contributed by atoms with Crippen molar-refractivity contribution >= 4 is 45.9 Å². The molecular formula is C22H22Cl2N2. The summed E-state index contributed by atoms with van der Waals surface area (Å²) in [6, 6.07) is 12.4. The monoisotopic (exact) mass is 384 g/mol. The van der Waals surface area contributed by atoms with Gasteiger partial charge in [-0.05, 0) is 67.9 Å². The summed E-state index contributed by atoms with van der Waals surface area (Å²) in [4.78, 5) is 2.39. The molecule has 4 rings (SSSR count). The van der Waals surface area contributed by atoms with Gasteiger partial charge in [0.15, 0.2) is 0 Å². The van der Waals surface area contributed by atoms with E-state index < -0.39 is 0 Å². The van der Waals surface area contributed by atoms with Gasteiger partial charge in [0.1, 0.15) is 0 Å². The fraction of sp³-hybridized carbons (Fsp3) is 0.273. The maximum absolute atomic E-state index is 6.20. The Kier molecular flexibility index (Phi) is 4.60. The van der Waals surface area contributed by atoms with Gasteiger partial charge in [0.25, 0.3) is 0 Å². The maximum Gasteiger partial charge on any atom is 0.0529 e. The molecule has 1 aliphatic heterocycles. The largest absolute Gasteiger partial charge is 0.320 e. The first kappa shape index (κ1) is 17.7. The highest BCUT2D eigenvalue weighted by Gasteiger charge is 2.21. The summed E-state index contributed by atoms with van der Waals surface area (Å²) in [6.07, 6.45) is 3.28. The van der Waals surface area contributed by atoms with Gasteiger partial charge in [0, 0.05) is 46.8 Å². The Bertz CT molecular complexity index is 1010. The number of fused-ring (bicyclic) bond motifs is 3. The molecule has 4 heteroatoms. The van der Waals surface area contributed by atoms with Crippen LogP contribution in [-0.4, -0.2) is 23.1 Å². The third kappa shape index (κ3) is 3.18. The Morgan fingerprint density at radius 3 is 2.54 bits per heavy atom. The lowest BCUT2D eigenvalue weighted by Gasteiger charge is -2.23. The highest BCUT2D eigenvalue weighted by Crippen LogP contribution is 2.33. The normalized spacial score (nSPS) is 15.5. The number of halogens is 2. The molecule has 0 spiro atoms. The minimum Gasteiger partial charge on any atom is -0.320 e. The van der Waals surface area contributed by atoms with E-state index in [9.17, 15) is 0 Å². The summed E-state index contributed by atoms with van der Waals surface area (Å²) >= 11 is 12.4. The van der Waals surface area contributed by atoms with E-state index in [0.717, 1.165) is 30.6 Å². The van der Waals surface area contributed by atoms with Gasteiger partial charge < -0.3 is 9.47 Å². The zero-order valence-electron chi connectivity index (χ0n) is 15.3. The van der Waals surface area contributed by atoms with E-state index in [1.165, 1.54) is 27.7 Å².